The van der Waals surface area contributed by atoms with E-state index in [0.29, 0.717) is 0 Å². The first kappa shape index (κ1) is 9.19. The Kier molecular flexibility index (Phi) is 2.02. The van der Waals surface area contributed by atoms with E-state index >= 15 is 0 Å². The summed E-state index contributed by atoms with van der Waals surface area (Å²) < 4.78 is 0. The fraction of sp³-hybridized carbons (Fsp3) is 0.455. The van der Waals surface area contributed by atoms with Crippen LogP contribution in [0, 0.1) is 6.92 Å². The zero-order chi connectivity index (χ0) is 10.2. The lowest BCUT2D eigenvalue weighted by Gasteiger charge is -2.12. The lowest BCUT2D eigenvalue weighted by Crippen LogP contribution is -2.13. The van der Waals surface area contributed by atoms with Gasteiger partial charge >= 0.3 is 5.97 Å². The number of carboxylic acids is 1. The molecule has 1 aliphatic rings. The number of hydrogen-bond donors (Lipinski definition) is 1. The first-order chi connectivity index (χ1) is 6.62. The van der Waals surface area contributed by atoms with Gasteiger partial charge in [-0.15, -0.1) is 0 Å². The van der Waals surface area contributed by atoms with Crippen LogP contribution in [-0.2, 0) is 10.2 Å². The molecular formula is C11H13NO2. The molecule has 0 unspecified atom stereocenters. The predicted octanol–water partition coefficient (Wildman–Crippen LogP) is 1.90. The molecule has 3 heteroatoms. The predicted molar refractivity (Wildman–Crippen MR) is 52.1 cm³/mol. The molecule has 1 fully saturated rings. The van der Waals surface area contributed by atoms with Gasteiger partial charge in [-0.05, 0) is 37.5 Å². The standard InChI is InChI=1S/C11H13NO2/c1-8-6-9(2-5-12-8)11(3-4-11)7-10(13)14/h2,5-6H,3-4,7H2,1H3,(H,13,14). The Morgan fingerprint density at radius 2 is 2.36 bits per heavy atom. The number of carbonyl (C=O) groups is 1. The third kappa shape index (κ3) is 1.62. The normalized spacial score (nSPS) is 17.8. The summed E-state index contributed by atoms with van der Waals surface area (Å²) in [5, 5.41) is 8.80. The summed E-state index contributed by atoms with van der Waals surface area (Å²) in [4.78, 5) is 14.8. The van der Waals surface area contributed by atoms with Crippen LogP contribution in [0.25, 0.3) is 0 Å². The van der Waals surface area contributed by atoms with Gasteiger partial charge in [-0.1, -0.05) is 0 Å². The van der Waals surface area contributed by atoms with E-state index in [1.165, 1.54) is 0 Å². The van der Waals surface area contributed by atoms with Crippen molar-refractivity contribution in [3.05, 3.63) is 29.6 Å². The van der Waals surface area contributed by atoms with Crippen molar-refractivity contribution in [2.75, 3.05) is 0 Å². The molecule has 1 heterocycles. The highest BCUT2D eigenvalue weighted by molar-refractivity contribution is 5.70. The summed E-state index contributed by atoms with van der Waals surface area (Å²) >= 11 is 0. The number of carboxylic acid groups (broad SMARTS) is 1. The Morgan fingerprint density at radius 1 is 1.64 bits per heavy atom. The van der Waals surface area contributed by atoms with Crippen molar-refractivity contribution in [1.29, 1.82) is 0 Å². The Labute approximate surface area is 82.8 Å². The maximum Gasteiger partial charge on any atom is 0.304 e. The summed E-state index contributed by atoms with van der Waals surface area (Å²) in [6.45, 7) is 1.93. The second-order valence-corrected chi connectivity index (χ2v) is 4.04. The molecule has 1 aromatic heterocycles. The Hall–Kier alpha value is -1.38. The highest BCUT2D eigenvalue weighted by atomic mass is 16.4. The van der Waals surface area contributed by atoms with E-state index in [1.807, 2.05) is 19.1 Å². The summed E-state index contributed by atoms with van der Waals surface area (Å²) in [6.07, 6.45) is 3.98. The van der Waals surface area contributed by atoms with Crippen LogP contribution >= 0.6 is 0 Å². The molecule has 1 aliphatic carbocycles. The molecule has 0 spiro atoms. The van der Waals surface area contributed by atoms with Crippen molar-refractivity contribution in [2.24, 2.45) is 0 Å². The summed E-state index contributed by atoms with van der Waals surface area (Å²) in [5.41, 5.74) is 2.01. The fourth-order valence-corrected chi connectivity index (χ4v) is 1.88. The highest BCUT2D eigenvalue weighted by Gasteiger charge is 2.45. The van der Waals surface area contributed by atoms with Crippen molar-refractivity contribution < 1.29 is 9.90 Å². The number of pyridine rings is 1. The van der Waals surface area contributed by atoms with E-state index in [-0.39, 0.29) is 11.8 Å². The summed E-state index contributed by atoms with van der Waals surface area (Å²) in [5.74, 6) is -0.711. The molecule has 0 atom stereocenters. The smallest absolute Gasteiger partial charge is 0.304 e. The van der Waals surface area contributed by atoms with Crippen LogP contribution in [0.2, 0.25) is 0 Å². The molecule has 3 nitrogen and oxygen atoms in total. The van der Waals surface area contributed by atoms with Crippen LogP contribution in [0.3, 0.4) is 0 Å². The first-order valence-corrected chi connectivity index (χ1v) is 4.77. The van der Waals surface area contributed by atoms with E-state index in [9.17, 15) is 4.79 Å². The minimum atomic E-state index is -0.711. The Balaban J connectivity index is 2.26. The Morgan fingerprint density at radius 3 is 2.86 bits per heavy atom. The zero-order valence-corrected chi connectivity index (χ0v) is 8.16. The molecule has 0 radical (unpaired) electrons. The van der Waals surface area contributed by atoms with Crippen LogP contribution in [0.1, 0.15) is 30.5 Å². The van der Waals surface area contributed by atoms with Crippen molar-refractivity contribution in [2.45, 2.75) is 31.6 Å². The number of aryl methyl sites for hydroxylation is 1. The molecule has 0 saturated heterocycles. The van der Waals surface area contributed by atoms with Gasteiger partial charge in [0, 0.05) is 17.3 Å². The number of aliphatic carboxylic acids is 1. The molecular weight excluding hydrogens is 178 g/mol. The minimum absolute atomic E-state index is 0.0838. The van der Waals surface area contributed by atoms with E-state index in [2.05, 4.69) is 4.98 Å². The lowest BCUT2D eigenvalue weighted by molar-refractivity contribution is -0.137. The van der Waals surface area contributed by atoms with Crippen molar-refractivity contribution in [3.8, 4) is 0 Å². The second kappa shape index (κ2) is 3.08. The number of aromatic nitrogens is 1. The molecule has 74 valence electrons. The molecule has 1 N–H and O–H groups in total. The third-order valence-corrected chi connectivity index (χ3v) is 2.85. The number of nitrogens with zero attached hydrogens (tertiary/aromatic N) is 1. The van der Waals surface area contributed by atoms with Gasteiger partial charge in [-0.2, -0.15) is 0 Å². The van der Waals surface area contributed by atoms with Gasteiger partial charge in [-0.3, -0.25) is 9.78 Å². The van der Waals surface area contributed by atoms with Crippen LogP contribution < -0.4 is 0 Å². The molecule has 0 amide bonds. The zero-order valence-electron chi connectivity index (χ0n) is 8.16. The average molecular weight is 191 g/mol. The number of hydrogen-bond acceptors (Lipinski definition) is 2. The summed E-state index contributed by atoms with van der Waals surface area (Å²) in [6, 6.07) is 3.93. The lowest BCUT2D eigenvalue weighted by atomic mass is 9.93. The van der Waals surface area contributed by atoms with Crippen molar-refractivity contribution >= 4 is 5.97 Å². The average Bonchev–Trinajstić information content (AvgIpc) is 2.84. The van der Waals surface area contributed by atoms with Crippen LogP contribution in [0.4, 0.5) is 0 Å². The monoisotopic (exact) mass is 191 g/mol. The van der Waals surface area contributed by atoms with Gasteiger partial charge < -0.3 is 5.11 Å². The van der Waals surface area contributed by atoms with Gasteiger partial charge in [0.15, 0.2) is 0 Å². The maximum absolute atomic E-state index is 10.7. The Bertz CT molecular complexity index is 369. The van der Waals surface area contributed by atoms with E-state index in [0.717, 1.165) is 24.1 Å². The largest absolute Gasteiger partial charge is 0.481 e. The summed E-state index contributed by atoms with van der Waals surface area (Å²) in [7, 11) is 0. The molecule has 1 saturated carbocycles. The topological polar surface area (TPSA) is 50.2 Å². The van der Waals surface area contributed by atoms with Gasteiger partial charge in [0.2, 0.25) is 0 Å². The van der Waals surface area contributed by atoms with Gasteiger partial charge in [0.25, 0.3) is 0 Å². The third-order valence-electron chi connectivity index (χ3n) is 2.85. The van der Waals surface area contributed by atoms with E-state index in [1.54, 1.807) is 6.20 Å². The van der Waals surface area contributed by atoms with Crippen LogP contribution in [0.15, 0.2) is 18.3 Å². The van der Waals surface area contributed by atoms with Gasteiger partial charge in [-0.25, -0.2) is 0 Å². The number of rotatable bonds is 3. The second-order valence-electron chi connectivity index (χ2n) is 4.04. The molecule has 14 heavy (non-hydrogen) atoms. The van der Waals surface area contributed by atoms with E-state index in [4.69, 9.17) is 5.11 Å². The molecule has 2 rings (SSSR count). The maximum atomic E-state index is 10.7. The van der Waals surface area contributed by atoms with E-state index < -0.39 is 5.97 Å². The highest BCUT2D eigenvalue weighted by Crippen LogP contribution is 2.50. The molecule has 1 aromatic rings. The fourth-order valence-electron chi connectivity index (χ4n) is 1.88. The molecule has 0 aromatic carbocycles. The minimum Gasteiger partial charge on any atom is -0.481 e. The van der Waals surface area contributed by atoms with Crippen molar-refractivity contribution in [3.63, 3.8) is 0 Å². The first-order valence-electron chi connectivity index (χ1n) is 4.77. The molecule has 0 bridgehead atoms. The van der Waals surface area contributed by atoms with Crippen LogP contribution in [-0.4, -0.2) is 16.1 Å². The van der Waals surface area contributed by atoms with Gasteiger partial charge in [0.1, 0.15) is 0 Å². The van der Waals surface area contributed by atoms with Crippen molar-refractivity contribution in [1.82, 2.24) is 4.98 Å². The van der Waals surface area contributed by atoms with Gasteiger partial charge in [0.05, 0.1) is 6.42 Å². The SMILES string of the molecule is Cc1cc(C2(CC(=O)O)CC2)ccn1. The molecule has 0 aliphatic heterocycles. The quantitative estimate of drug-likeness (QED) is 0.793. The van der Waals surface area contributed by atoms with Crippen LogP contribution in [0.5, 0.6) is 0 Å².